The van der Waals surface area contributed by atoms with E-state index < -0.39 is 0 Å². The second kappa shape index (κ2) is 4.76. The minimum absolute atomic E-state index is 0.0754. The lowest BCUT2D eigenvalue weighted by molar-refractivity contribution is 0.372. The van der Waals surface area contributed by atoms with Crippen LogP contribution < -0.4 is 5.32 Å². The molecule has 0 unspecified atom stereocenters. The van der Waals surface area contributed by atoms with Crippen molar-refractivity contribution in [2.24, 2.45) is 0 Å². The number of halogens is 1. The monoisotopic (exact) mass is 222 g/mol. The van der Waals surface area contributed by atoms with Crippen LogP contribution in [-0.2, 0) is 13.1 Å². The average Bonchev–Trinajstić information content (AvgIpc) is 2.76. The minimum Gasteiger partial charge on any atom is -0.508 e. The van der Waals surface area contributed by atoms with Gasteiger partial charge in [0.05, 0.1) is 12.7 Å². The predicted octanol–water partition coefficient (Wildman–Crippen LogP) is 1.81. The van der Waals surface area contributed by atoms with Crippen molar-refractivity contribution in [3.05, 3.63) is 47.6 Å². The van der Waals surface area contributed by atoms with Crippen LogP contribution in [0.3, 0.4) is 0 Å². The second-order valence-electron chi connectivity index (χ2n) is 3.36. The van der Waals surface area contributed by atoms with Crippen molar-refractivity contribution in [3.63, 3.8) is 0 Å². The molecule has 0 bridgehead atoms. The van der Waals surface area contributed by atoms with Crippen LogP contribution in [0.2, 0.25) is 0 Å². The van der Waals surface area contributed by atoms with E-state index >= 15 is 0 Å². The van der Waals surface area contributed by atoms with Crippen molar-refractivity contribution in [2.45, 2.75) is 13.1 Å². The van der Waals surface area contributed by atoms with E-state index in [2.05, 4.69) is 10.5 Å². The number of hydrogen-bond donors (Lipinski definition) is 2. The number of phenolic OH excluding ortho intramolecular Hbond substituents is 1. The molecule has 0 fully saturated rings. The molecule has 2 rings (SSSR count). The molecule has 1 heterocycles. The summed E-state index contributed by atoms with van der Waals surface area (Å²) in [6.07, 6.45) is 1.55. The summed E-state index contributed by atoms with van der Waals surface area (Å²) >= 11 is 0. The number of benzene rings is 1. The summed E-state index contributed by atoms with van der Waals surface area (Å²) in [4.78, 5) is 0. The molecule has 0 aliphatic carbocycles. The maximum absolute atomic E-state index is 12.9. The second-order valence-corrected chi connectivity index (χ2v) is 3.36. The fourth-order valence-corrected chi connectivity index (χ4v) is 1.35. The van der Waals surface area contributed by atoms with E-state index in [9.17, 15) is 9.50 Å². The molecule has 16 heavy (non-hydrogen) atoms. The van der Waals surface area contributed by atoms with Gasteiger partial charge in [-0.1, -0.05) is 5.16 Å². The third-order valence-electron chi connectivity index (χ3n) is 2.15. The predicted molar refractivity (Wildman–Crippen MR) is 55.1 cm³/mol. The lowest BCUT2D eigenvalue weighted by Crippen LogP contribution is -2.12. The lowest BCUT2D eigenvalue weighted by atomic mass is 10.2. The van der Waals surface area contributed by atoms with Crippen molar-refractivity contribution in [1.82, 2.24) is 10.5 Å². The van der Waals surface area contributed by atoms with Crippen LogP contribution in [0.1, 0.15) is 11.3 Å². The summed E-state index contributed by atoms with van der Waals surface area (Å²) in [7, 11) is 0. The van der Waals surface area contributed by atoms with Gasteiger partial charge >= 0.3 is 0 Å². The third kappa shape index (κ3) is 2.58. The molecule has 5 heteroatoms. The van der Waals surface area contributed by atoms with E-state index in [0.717, 1.165) is 0 Å². The zero-order chi connectivity index (χ0) is 11.4. The maximum Gasteiger partial charge on any atom is 0.150 e. The lowest BCUT2D eigenvalue weighted by Gasteiger charge is -2.05. The Morgan fingerprint density at radius 1 is 1.31 bits per heavy atom. The van der Waals surface area contributed by atoms with Crippen molar-refractivity contribution >= 4 is 0 Å². The van der Waals surface area contributed by atoms with E-state index in [0.29, 0.717) is 24.4 Å². The first-order valence-corrected chi connectivity index (χ1v) is 4.83. The number of phenols is 1. The Kier molecular flexibility index (Phi) is 3.16. The fourth-order valence-electron chi connectivity index (χ4n) is 1.35. The normalized spacial score (nSPS) is 10.6. The zero-order valence-corrected chi connectivity index (χ0v) is 8.48. The van der Waals surface area contributed by atoms with Crippen LogP contribution in [-0.4, -0.2) is 10.3 Å². The summed E-state index contributed by atoms with van der Waals surface area (Å²) in [6, 6.07) is 5.58. The summed E-state index contributed by atoms with van der Waals surface area (Å²) in [5.74, 6) is 0.400. The Labute approximate surface area is 91.7 Å². The molecule has 2 N–H and O–H groups in total. The van der Waals surface area contributed by atoms with Gasteiger partial charge in [-0.2, -0.15) is 0 Å². The number of aromatic hydroxyl groups is 1. The number of rotatable bonds is 4. The van der Waals surface area contributed by atoms with E-state index in [1.54, 1.807) is 12.3 Å². The molecule has 0 saturated heterocycles. The molecular weight excluding hydrogens is 211 g/mol. The van der Waals surface area contributed by atoms with Gasteiger partial charge in [0, 0.05) is 18.2 Å². The molecule has 4 nitrogen and oxygen atoms in total. The molecule has 1 aromatic carbocycles. The van der Waals surface area contributed by atoms with Crippen LogP contribution in [0.5, 0.6) is 5.75 Å². The number of nitrogens with one attached hydrogen (secondary N) is 1. The molecular formula is C11H11FN2O2. The Morgan fingerprint density at radius 2 is 2.19 bits per heavy atom. The molecule has 0 spiro atoms. The van der Waals surface area contributed by atoms with Crippen LogP contribution in [0.25, 0.3) is 0 Å². The zero-order valence-electron chi connectivity index (χ0n) is 8.48. The average molecular weight is 222 g/mol. The molecule has 84 valence electrons. The summed E-state index contributed by atoms with van der Waals surface area (Å²) < 4.78 is 17.8. The quantitative estimate of drug-likeness (QED) is 0.828. The standard InChI is InChI=1S/C11H11FN2O2/c12-9-1-2-11(15)8(5-9)6-13-7-10-3-4-14-16-10/h1-5,13,15H,6-7H2. The molecule has 0 aliphatic rings. The van der Waals surface area contributed by atoms with Gasteiger partial charge in [0.1, 0.15) is 17.3 Å². The topological polar surface area (TPSA) is 58.3 Å². The number of aromatic nitrogens is 1. The van der Waals surface area contributed by atoms with Gasteiger partial charge in [-0.15, -0.1) is 0 Å². The van der Waals surface area contributed by atoms with Crippen LogP contribution >= 0.6 is 0 Å². The van der Waals surface area contributed by atoms with Gasteiger partial charge in [-0.3, -0.25) is 0 Å². The third-order valence-corrected chi connectivity index (χ3v) is 2.15. The van der Waals surface area contributed by atoms with Gasteiger partial charge in [0.2, 0.25) is 0 Å². The molecule has 0 atom stereocenters. The van der Waals surface area contributed by atoms with Gasteiger partial charge < -0.3 is 14.9 Å². The number of nitrogens with zero attached hydrogens (tertiary/aromatic N) is 1. The highest BCUT2D eigenvalue weighted by atomic mass is 19.1. The van der Waals surface area contributed by atoms with Gasteiger partial charge in [0.15, 0.2) is 0 Å². The van der Waals surface area contributed by atoms with Crippen molar-refractivity contribution < 1.29 is 14.0 Å². The van der Waals surface area contributed by atoms with Crippen molar-refractivity contribution in [3.8, 4) is 5.75 Å². The molecule has 1 aromatic heterocycles. The van der Waals surface area contributed by atoms with Gasteiger partial charge in [-0.25, -0.2) is 4.39 Å². The molecule has 0 amide bonds. The smallest absolute Gasteiger partial charge is 0.150 e. The summed E-state index contributed by atoms with van der Waals surface area (Å²) in [6.45, 7) is 0.847. The van der Waals surface area contributed by atoms with E-state index in [4.69, 9.17) is 4.52 Å². The SMILES string of the molecule is Oc1ccc(F)cc1CNCc1ccno1. The molecule has 0 aliphatic heterocycles. The molecule has 0 saturated carbocycles. The Balaban J connectivity index is 1.92. The highest BCUT2D eigenvalue weighted by molar-refractivity contribution is 5.32. The Bertz CT molecular complexity index is 457. The largest absolute Gasteiger partial charge is 0.508 e. The number of hydrogen-bond acceptors (Lipinski definition) is 4. The van der Waals surface area contributed by atoms with Gasteiger partial charge in [-0.05, 0) is 18.2 Å². The molecule has 2 aromatic rings. The van der Waals surface area contributed by atoms with Crippen molar-refractivity contribution in [2.75, 3.05) is 0 Å². The van der Waals surface area contributed by atoms with Crippen LogP contribution in [0, 0.1) is 5.82 Å². The molecule has 0 radical (unpaired) electrons. The maximum atomic E-state index is 12.9. The minimum atomic E-state index is -0.366. The first-order chi connectivity index (χ1) is 7.75. The first-order valence-electron chi connectivity index (χ1n) is 4.83. The fraction of sp³-hybridized carbons (Fsp3) is 0.182. The van der Waals surface area contributed by atoms with E-state index in [1.165, 1.54) is 18.2 Å². The van der Waals surface area contributed by atoms with Crippen LogP contribution in [0.15, 0.2) is 35.0 Å². The van der Waals surface area contributed by atoms with E-state index in [-0.39, 0.29) is 11.6 Å². The summed E-state index contributed by atoms with van der Waals surface area (Å²) in [5.41, 5.74) is 0.513. The van der Waals surface area contributed by atoms with Crippen LogP contribution in [0.4, 0.5) is 4.39 Å². The Morgan fingerprint density at radius 3 is 2.94 bits per heavy atom. The Hall–Kier alpha value is -1.88. The summed E-state index contributed by atoms with van der Waals surface area (Å²) in [5, 5.41) is 16.0. The first kappa shape index (κ1) is 10.6. The van der Waals surface area contributed by atoms with Gasteiger partial charge in [0.25, 0.3) is 0 Å². The highest BCUT2D eigenvalue weighted by Gasteiger charge is 2.03. The van der Waals surface area contributed by atoms with E-state index in [1.807, 2.05) is 0 Å². The van der Waals surface area contributed by atoms with Crippen molar-refractivity contribution in [1.29, 1.82) is 0 Å². The highest BCUT2D eigenvalue weighted by Crippen LogP contribution is 2.17.